The highest BCUT2D eigenvalue weighted by Gasteiger charge is 2.27. The van der Waals surface area contributed by atoms with Gasteiger partial charge >= 0.3 is 0 Å². The highest BCUT2D eigenvalue weighted by atomic mass is 16.1. The van der Waals surface area contributed by atoms with E-state index in [1.165, 1.54) is 11.1 Å². The van der Waals surface area contributed by atoms with Crippen molar-refractivity contribution in [3.63, 3.8) is 0 Å². The summed E-state index contributed by atoms with van der Waals surface area (Å²) in [7, 11) is 0. The maximum Gasteiger partial charge on any atom is 0.170 e. The average Bonchev–Trinajstić information content (AvgIpc) is 2.63. The molecule has 0 N–H and O–H groups in total. The fourth-order valence-corrected chi connectivity index (χ4v) is 3.46. The highest BCUT2D eigenvalue weighted by Crippen LogP contribution is 2.31. The van der Waals surface area contributed by atoms with Gasteiger partial charge in [0, 0.05) is 11.5 Å². The normalized spacial score (nSPS) is 13.4. The maximum absolute atomic E-state index is 13.4. The zero-order valence-electron chi connectivity index (χ0n) is 16.1. The van der Waals surface area contributed by atoms with E-state index in [0.29, 0.717) is 5.92 Å². The molecule has 0 saturated heterocycles. The number of aryl methyl sites for hydroxylation is 2. The summed E-state index contributed by atoms with van der Waals surface area (Å²) in [6.07, 6.45) is 5.11. The fourth-order valence-electron chi connectivity index (χ4n) is 3.46. The molecular weight excluding hydrogens is 304 g/mol. The Morgan fingerprint density at radius 1 is 0.960 bits per heavy atom. The van der Waals surface area contributed by atoms with Crippen molar-refractivity contribution >= 4 is 5.78 Å². The SMILES string of the molecule is CCCc1[c]c(CCC)cc(C(=O)C(c2ccccc2)C(C)CC)c1. The van der Waals surface area contributed by atoms with E-state index in [4.69, 9.17) is 0 Å². The van der Waals surface area contributed by atoms with Crippen LogP contribution in [0.3, 0.4) is 0 Å². The van der Waals surface area contributed by atoms with Gasteiger partial charge in [-0.05, 0) is 53.6 Å². The van der Waals surface area contributed by atoms with Crippen LogP contribution in [-0.2, 0) is 12.8 Å². The molecule has 2 unspecified atom stereocenters. The van der Waals surface area contributed by atoms with E-state index < -0.39 is 0 Å². The molecule has 2 atom stereocenters. The Morgan fingerprint density at radius 3 is 2.00 bits per heavy atom. The first kappa shape index (κ1) is 19.4. The van der Waals surface area contributed by atoms with E-state index in [-0.39, 0.29) is 11.7 Å². The molecule has 0 spiro atoms. The lowest BCUT2D eigenvalue weighted by molar-refractivity contribution is 0.0932. The van der Waals surface area contributed by atoms with E-state index >= 15 is 0 Å². The van der Waals surface area contributed by atoms with Crippen LogP contribution >= 0.6 is 0 Å². The zero-order chi connectivity index (χ0) is 18.2. The minimum Gasteiger partial charge on any atom is -0.293 e. The summed E-state index contributed by atoms with van der Waals surface area (Å²) in [5.41, 5.74) is 4.34. The van der Waals surface area contributed by atoms with Crippen molar-refractivity contribution in [3.8, 4) is 0 Å². The van der Waals surface area contributed by atoms with Crippen LogP contribution in [0, 0.1) is 12.0 Å². The van der Waals surface area contributed by atoms with Crippen molar-refractivity contribution in [3.05, 3.63) is 70.8 Å². The highest BCUT2D eigenvalue weighted by molar-refractivity contribution is 6.01. The van der Waals surface area contributed by atoms with Crippen molar-refractivity contribution in [2.75, 3.05) is 0 Å². The van der Waals surface area contributed by atoms with Gasteiger partial charge in [-0.2, -0.15) is 0 Å². The lowest BCUT2D eigenvalue weighted by Gasteiger charge is -2.23. The molecule has 0 bridgehead atoms. The summed E-state index contributed by atoms with van der Waals surface area (Å²) in [6, 6.07) is 17.9. The Kier molecular flexibility index (Phi) is 7.43. The number of hydrogen-bond donors (Lipinski definition) is 0. The molecule has 1 radical (unpaired) electrons. The Bertz CT molecular complexity index is 647. The first-order valence-electron chi connectivity index (χ1n) is 9.74. The fraction of sp³-hybridized carbons (Fsp3) is 0.458. The molecule has 1 heteroatoms. The second kappa shape index (κ2) is 9.56. The lowest BCUT2D eigenvalue weighted by Crippen LogP contribution is -2.20. The first-order chi connectivity index (χ1) is 12.1. The summed E-state index contributed by atoms with van der Waals surface area (Å²) in [5, 5.41) is 0. The third-order valence-corrected chi connectivity index (χ3v) is 4.96. The second-order valence-electron chi connectivity index (χ2n) is 7.06. The van der Waals surface area contributed by atoms with Crippen LogP contribution in [0.1, 0.15) is 79.9 Å². The van der Waals surface area contributed by atoms with E-state index in [0.717, 1.165) is 43.2 Å². The number of ketones is 1. The molecule has 0 aliphatic rings. The first-order valence-corrected chi connectivity index (χ1v) is 9.74. The second-order valence-corrected chi connectivity index (χ2v) is 7.06. The summed E-state index contributed by atoms with van der Waals surface area (Å²) >= 11 is 0. The van der Waals surface area contributed by atoms with Gasteiger partial charge in [0.2, 0.25) is 0 Å². The van der Waals surface area contributed by atoms with E-state index in [1.54, 1.807) is 0 Å². The Labute approximate surface area is 153 Å². The molecule has 133 valence electrons. The van der Waals surface area contributed by atoms with Crippen LogP contribution in [0.4, 0.5) is 0 Å². The van der Waals surface area contributed by atoms with E-state index in [2.05, 4.69) is 58.0 Å². The number of hydrogen-bond acceptors (Lipinski definition) is 1. The zero-order valence-corrected chi connectivity index (χ0v) is 16.1. The number of benzene rings is 2. The van der Waals surface area contributed by atoms with Crippen LogP contribution < -0.4 is 0 Å². The van der Waals surface area contributed by atoms with Crippen molar-refractivity contribution in [1.82, 2.24) is 0 Å². The molecule has 0 aromatic heterocycles. The summed E-state index contributed by atoms with van der Waals surface area (Å²) in [4.78, 5) is 13.4. The quantitative estimate of drug-likeness (QED) is 0.484. The van der Waals surface area contributed by atoms with Gasteiger partial charge in [0.05, 0.1) is 0 Å². The van der Waals surface area contributed by atoms with Gasteiger partial charge in [-0.3, -0.25) is 4.79 Å². The molecule has 0 amide bonds. The van der Waals surface area contributed by atoms with Gasteiger partial charge in [0.25, 0.3) is 0 Å². The molecule has 0 fully saturated rings. The molecule has 0 aliphatic heterocycles. The Hall–Kier alpha value is -1.89. The largest absolute Gasteiger partial charge is 0.293 e. The predicted molar refractivity (Wildman–Crippen MR) is 106 cm³/mol. The van der Waals surface area contributed by atoms with Gasteiger partial charge in [0.15, 0.2) is 5.78 Å². The standard InChI is InChI=1S/C24H31O/c1-5-11-19-15-20(12-6-2)17-22(16-19)24(25)23(18(4)7-3)21-13-9-8-10-14-21/h8-10,13-14,16-18,23H,5-7,11-12H2,1-4H3. The number of carbonyl (C=O) groups is 1. The van der Waals surface area contributed by atoms with Crippen LogP contribution in [-0.4, -0.2) is 5.78 Å². The third-order valence-electron chi connectivity index (χ3n) is 4.96. The summed E-state index contributed by atoms with van der Waals surface area (Å²) in [5.74, 6) is 0.505. The van der Waals surface area contributed by atoms with Crippen LogP contribution in [0.2, 0.25) is 0 Å². The summed E-state index contributed by atoms with van der Waals surface area (Å²) in [6.45, 7) is 8.70. The van der Waals surface area contributed by atoms with Crippen LogP contribution in [0.15, 0.2) is 42.5 Å². The van der Waals surface area contributed by atoms with Crippen LogP contribution in [0.25, 0.3) is 0 Å². The molecule has 0 saturated carbocycles. The molecular formula is C24H31O. The minimum absolute atomic E-state index is 0.0717. The number of rotatable bonds is 9. The maximum atomic E-state index is 13.4. The van der Waals surface area contributed by atoms with Crippen LogP contribution in [0.5, 0.6) is 0 Å². The summed E-state index contributed by atoms with van der Waals surface area (Å²) < 4.78 is 0. The van der Waals surface area contributed by atoms with Gasteiger partial charge in [-0.15, -0.1) is 0 Å². The van der Waals surface area contributed by atoms with Gasteiger partial charge in [-0.1, -0.05) is 77.3 Å². The molecule has 2 rings (SSSR count). The van der Waals surface area contributed by atoms with Crippen molar-refractivity contribution in [2.24, 2.45) is 5.92 Å². The van der Waals surface area contributed by atoms with Crippen molar-refractivity contribution in [2.45, 2.75) is 65.7 Å². The number of carbonyl (C=O) groups excluding carboxylic acids is 1. The monoisotopic (exact) mass is 335 g/mol. The van der Waals surface area contributed by atoms with E-state index in [9.17, 15) is 4.79 Å². The number of Topliss-reactive ketones (excluding diaryl/α,β-unsaturated/α-hetero) is 1. The smallest absolute Gasteiger partial charge is 0.170 e. The minimum atomic E-state index is -0.0717. The molecule has 0 aliphatic carbocycles. The predicted octanol–water partition coefficient (Wildman–Crippen LogP) is 6.40. The molecule has 1 nitrogen and oxygen atoms in total. The Morgan fingerprint density at radius 2 is 1.52 bits per heavy atom. The van der Waals surface area contributed by atoms with Crippen molar-refractivity contribution < 1.29 is 4.79 Å². The van der Waals surface area contributed by atoms with Gasteiger partial charge < -0.3 is 0 Å². The molecule has 2 aromatic carbocycles. The lowest BCUT2D eigenvalue weighted by atomic mass is 9.79. The molecule has 25 heavy (non-hydrogen) atoms. The van der Waals surface area contributed by atoms with Crippen molar-refractivity contribution in [1.29, 1.82) is 0 Å². The van der Waals surface area contributed by atoms with Gasteiger partial charge in [-0.25, -0.2) is 0 Å². The molecule has 2 aromatic rings. The average molecular weight is 336 g/mol. The molecule has 0 heterocycles. The van der Waals surface area contributed by atoms with E-state index in [1.807, 2.05) is 18.2 Å². The third kappa shape index (κ3) is 5.04. The Balaban J connectivity index is 2.44. The topological polar surface area (TPSA) is 17.1 Å². The van der Waals surface area contributed by atoms with Gasteiger partial charge in [0.1, 0.15) is 0 Å².